The van der Waals surface area contributed by atoms with Crippen LogP contribution in [0.3, 0.4) is 0 Å². The molecule has 1 aliphatic rings. The largest absolute Gasteiger partial charge is 0.244 e. The van der Waals surface area contributed by atoms with Crippen LogP contribution in [0, 0.1) is 5.82 Å². The van der Waals surface area contributed by atoms with Crippen molar-refractivity contribution in [2.24, 2.45) is 0 Å². The molecule has 17 heavy (non-hydrogen) atoms. The van der Waals surface area contributed by atoms with Gasteiger partial charge in [0, 0.05) is 5.41 Å². The topological polar surface area (TPSA) is 0 Å². The van der Waals surface area contributed by atoms with Crippen LogP contribution in [0.4, 0.5) is 8.78 Å². The predicted octanol–water partition coefficient (Wildman–Crippen LogP) is 4.78. The van der Waals surface area contributed by atoms with Gasteiger partial charge in [0.25, 0.3) is 0 Å². The van der Waals surface area contributed by atoms with Crippen molar-refractivity contribution < 1.29 is 8.78 Å². The second kappa shape index (κ2) is 4.40. The Morgan fingerprint density at radius 1 is 1.12 bits per heavy atom. The van der Waals surface area contributed by atoms with Gasteiger partial charge < -0.3 is 0 Å². The van der Waals surface area contributed by atoms with Crippen molar-refractivity contribution >= 4 is 0 Å². The molecule has 0 atom stereocenters. The summed E-state index contributed by atoms with van der Waals surface area (Å²) in [5, 5.41) is 0. The Labute approximate surface area is 102 Å². The SMILES string of the molecule is CC(C)(F)C1(c2cccc(F)c2)CCCCC1. The number of alkyl halides is 1. The Balaban J connectivity index is 2.46. The monoisotopic (exact) mass is 238 g/mol. The van der Waals surface area contributed by atoms with E-state index in [1.165, 1.54) is 12.1 Å². The van der Waals surface area contributed by atoms with Crippen LogP contribution in [0.1, 0.15) is 51.5 Å². The number of benzene rings is 1. The molecule has 1 saturated carbocycles. The Hall–Kier alpha value is -0.920. The lowest BCUT2D eigenvalue weighted by molar-refractivity contribution is 0.0562. The maximum absolute atomic E-state index is 14.6. The van der Waals surface area contributed by atoms with E-state index in [9.17, 15) is 8.78 Å². The molecule has 0 bridgehead atoms. The second-order valence-electron chi connectivity index (χ2n) is 5.63. The van der Waals surface area contributed by atoms with Gasteiger partial charge in [-0.25, -0.2) is 8.78 Å². The molecule has 1 fully saturated rings. The van der Waals surface area contributed by atoms with Gasteiger partial charge in [0.05, 0.1) is 0 Å². The zero-order valence-corrected chi connectivity index (χ0v) is 10.6. The maximum atomic E-state index is 14.6. The summed E-state index contributed by atoms with van der Waals surface area (Å²) in [6, 6.07) is 6.49. The quantitative estimate of drug-likeness (QED) is 0.695. The first-order valence-corrected chi connectivity index (χ1v) is 6.41. The number of rotatable bonds is 2. The van der Waals surface area contributed by atoms with Crippen LogP contribution in [0.2, 0.25) is 0 Å². The van der Waals surface area contributed by atoms with Crippen molar-refractivity contribution in [2.75, 3.05) is 0 Å². The predicted molar refractivity (Wildman–Crippen MR) is 66.4 cm³/mol. The fourth-order valence-electron chi connectivity index (χ4n) is 3.17. The van der Waals surface area contributed by atoms with Gasteiger partial charge in [-0.3, -0.25) is 0 Å². The zero-order chi connectivity index (χ0) is 12.5. The highest BCUT2D eigenvalue weighted by Crippen LogP contribution is 2.48. The summed E-state index contributed by atoms with van der Waals surface area (Å²) in [5.41, 5.74) is -0.987. The fraction of sp³-hybridized carbons (Fsp3) is 0.600. The van der Waals surface area contributed by atoms with Crippen LogP contribution in [-0.2, 0) is 5.41 Å². The van der Waals surface area contributed by atoms with Crippen LogP contribution in [-0.4, -0.2) is 5.67 Å². The Morgan fingerprint density at radius 2 is 1.76 bits per heavy atom. The molecule has 0 radical (unpaired) electrons. The summed E-state index contributed by atoms with van der Waals surface area (Å²) >= 11 is 0. The van der Waals surface area contributed by atoms with Crippen LogP contribution in [0.5, 0.6) is 0 Å². The van der Waals surface area contributed by atoms with E-state index in [-0.39, 0.29) is 5.82 Å². The highest BCUT2D eigenvalue weighted by Gasteiger charge is 2.47. The van der Waals surface area contributed by atoms with E-state index in [0.29, 0.717) is 0 Å². The van der Waals surface area contributed by atoms with Crippen molar-refractivity contribution in [3.63, 3.8) is 0 Å². The van der Waals surface area contributed by atoms with E-state index >= 15 is 0 Å². The molecule has 0 saturated heterocycles. The molecule has 0 amide bonds. The van der Waals surface area contributed by atoms with E-state index in [1.807, 2.05) is 6.07 Å². The molecule has 0 unspecified atom stereocenters. The van der Waals surface area contributed by atoms with Gasteiger partial charge in [-0.2, -0.15) is 0 Å². The lowest BCUT2D eigenvalue weighted by Crippen LogP contribution is -2.45. The van der Waals surface area contributed by atoms with E-state index in [2.05, 4.69) is 0 Å². The number of hydrogen-bond donors (Lipinski definition) is 0. The van der Waals surface area contributed by atoms with Gasteiger partial charge >= 0.3 is 0 Å². The van der Waals surface area contributed by atoms with Gasteiger partial charge in [0.1, 0.15) is 11.5 Å². The third-order valence-electron chi connectivity index (χ3n) is 4.22. The van der Waals surface area contributed by atoms with Crippen molar-refractivity contribution in [3.05, 3.63) is 35.6 Å². The molecule has 94 valence electrons. The van der Waals surface area contributed by atoms with Crippen molar-refractivity contribution in [1.29, 1.82) is 0 Å². The average molecular weight is 238 g/mol. The number of hydrogen-bond acceptors (Lipinski definition) is 0. The minimum Gasteiger partial charge on any atom is -0.244 e. The molecule has 2 heteroatoms. The highest BCUT2D eigenvalue weighted by molar-refractivity contribution is 5.30. The first kappa shape index (κ1) is 12.5. The molecule has 1 aromatic rings. The summed E-state index contributed by atoms with van der Waals surface area (Å²) < 4.78 is 28.0. The molecule has 0 spiro atoms. The third-order valence-corrected chi connectivity index (χ3v) is 4.22. The summed E-state index contributed by atoms with van der Waals surface area (Å²) in [4.78, 5) is 0. The highest BCUT2D eigenvalue weighted by atomic mass is 19.1. The molecule has 0 aliphatic heterocycles. The first-order chi connectivity index (χ1) is 7.96. The molecule has 0 heterocycles. The van der Waals surface area contributed by atoms with Crippen molar-refractivity contribution in [2.45, 2.75) is 57.0 Å². The van der Waals surface area contributed by atoms with E-state index < -0.39 is 11.1 Å². The second-order valence-corrected chi connectivity index (χ2v) is 5.63. The van der Waals surface area contributed by atoms with Gasteiger partial charge in [-0.1, -0.05) is 31.4 Å². The molecule has 2 rings (SSSR count). The fourth-order valence-corrected chi connectivity index (χ4v) is 3.17. The van der Waals surface area contributed by atoms with Gasteiger partial charge in [-0.05, 0) is 44.4 Å². The molecule has 0 aromatic heterocycles. The lowest BCUT2D eigenvalue weighted by atomic mass is 9.61. The summed E-state index contributed by atoms with van der Waals surface area (Å²) in [5.74, 6) is -0.267. The van der Waals surface area contributed by atoms with Crippen LogP contribution >= 0.6 is 0 Å². The molecule has 0 N–H and O–H groups in total. The lowest BCUT2D eigenvalue weighted by Gasteiger charge is -2.45. The van der Waals surface area contributed by atoms with Crippen LogP contribution in [0.25, 0.3) is 0 Å². The van der Waals surface area contributed by atoms with Crippen LogP contribution < -0.4 is 0 Å². The molecular weight excluding hydrogens is 218 g/mol. The average Bonchev–Trinajstić information content (AvgIpc) is 2.28. The van der Waals surface area contributed by atoms with E-state index in [0.717, 1.165) is 37.7 Å². The van der Waals surface area contributed by atoms with Crippen molar-refractivity contribution in [3.8, 4) is 0 Å². The molecule has 1 aliphatic carbocycles. The molecule has 1 aromatic carbocycles. The third kappa shape index (κ3) is 2.22. The minimum atomic E-state index is -1.30. The maximum Gasteiger partial charge on any atom is 0.123 e. The first-order valence-electron chi connectivity index (χ1n) is 6.41. The molecular formula is C15H20F2. The summed E-state index contributed by atoms with van der Waals surface area (Å²) in [6.07, 6.45) is 4.86. The number of halogens is 2. The van der Waals surface area contributed by atoms with Gasteiger partial charge in [0.2, 0.25) is 0 Å². The smallest absolute Gasteiger partial charge is 0.123 e. The normalized spacial score (nSPS) is 20.2. The Kier molecular flexibility index (Phi) is 3.24. The Morgan fingerprint density at radius 3 is 2.29 bits per heavy atom. The summed E-state index contributed by atoms with van der Waals surface area (Å²) in [6.45, 7) is 3.26. The minimum absolute atomic E-state index is 0.267. The Bertz CT molecular complexity index is 384. The molecule has 0 nitrogen and oxygen atoms in total. The standard InChI is InChI=1S/C15H20F2/c1-14(2,17)15(9-4-3-5-10-15)12-7-6-8-13(16)11-12/h6-8,11H,3-5,9-10H2,1-2H3. The van der Waals surface area contributed by atoms with E-state index in [4.69, 9.17) is 0 Å². The van der Waals surface area contributed by atoms with E-state index in [1.54, 1.807) is 19.9 Å². The zero-order valence-electron chi connectivity index (χ0n) is 10.6. The van der Waals surface area contributed by atoms with Crippen LogP contribution in [0.15, 0.2) is 24.3 Å². The van der Waals surface area contributed by atoms with Crippen molar-refractivity contribution in [1.82, 2.24) is 0 Å². The van der Waals surface area contributed by atoms with Gasteiger partial charge in [0.15, 0.2) is 0 Å². The summed E-state index contributed by atoms with van der Waals surface area (Å²) in [7, 11) is 0. The van der Waals surface area contributed by atoms with Gasteiger partial charge in [-0.15, -0.1) is 0 Å².